The quantitative estimate of drug-likeness (QED) is 0.849. The van der Waals surface area contributed by atoms with Crippen LogP contribution in [0.15, 0.2) is 54.6 Å². The minimum Gasteiger partial charge on any atom is -0.478 e. The molecular weight excluding hydrogens is 316 g/mol. The summed E-state index contributed by atoms with van der Waals surface area (Å²) in [4.78, 5) is 24.9. The maximum atomic E-state index is 12.3. The van der Waals surface area contributed by atoms with E-state index in [1.807, 2.05) is 25.2 Å². The van der Waals surface area contributed by atoms with Gasteiger partial charge in [0.25, 0.3) is 0 Å². The number of rotatable bonds is 6. The largest absolute Gasteiger partial charge is 0.478 e. The second-order valence-electron chi connectivity index (χ2n) is 6.66. The highest BCUT2D eigenvalue weighted by Gasteiger charge is 2.45. The zero-order valence-corrected chi connectivity index (χ0v) is 14.2. The Morgan fingerprint density at radius 3 is 2.28 bits per heavy atom. The summed E-state index contributed by atoms with van der Waals surface area (Å²) >= 11 is 0. The monoisotopic (exact) mass is 338 g/mol. The predicted molar refractivity (Wildman–Crippen MR) is 95.6 cm³/mol. The van der Waals surface area contributed by atoms with Crippen molar-refractivity contribution < 1.29 is 14.7 Å². The standard InChI is InChI=1S/C20H22N2O3/c1-22(14-20(11-12-20)17-5-3-2-4-6-17)19(25)21-13-15-7-9-16(10-8-15)18(23)24/h2-10H,11-14H2,1H3,(H,21,25)(H,23,24). The number of urea groups is 1. The minimum absolute atomic E-state index is 0.0937. The van der Waals surface area contributed by atoms with E-state index >= 15 is 0 Å². The maximum Gasteiger partial charge on any atom is 0.335 e. The fourth-order valence-corrected chi connectivity index (χ4v) is 3.08. The molecule has 1 fully saturated rings. The van der Waals surface area contributed by atoms with Crippen molar-refractivity contribution in [2.24, 2.45) is 0 Å². The Morgan fingerprint density at radius 1 is 1.08 bits per heavy atom. The molecule has 2 aromatic carbocycles. The van der Waals surface area contributed by atoms with Crippen molar-refractivity contribution in [3.05, 3.63) is 71.3 Å². The highest BCUT2D eigenvalue weighted by atomic mass is 16.4. The molecule has 5 nitrogen and oxygen atoms in total. The highest BCUT2D eigenvalue weighted by molar-refractivity contribution is 5.87. The molecule has 130 valence electrons. The molecule has 0 aromatic heterocycles. The Balaban J connectivity index is 1.54. The van der Waals surface area contributed by atoms with Crippen molar-refractivity contribution in [1.29, 1.82) is 0 Å². The number of carboxylic acid groups (broad SMARTS) is 1. The number of nitrogens with zero attached hydrogens (tertiary/aromatic N) is 1. The number of hydrogen-bond acceptors (Lipinski definition) is 2. The van der Waals surface area contributed by atoms with Gasteiger partial charge in [-0.05, 0) is 36.1 Å². The molecule has 1 aliphatic carbocycles. The fraction of sp³-hybridized carbons (Fsp3) is 0.300. The number of aromatic carboxylic acids is 1. The zero-order chi connectivity index (χ0) is 17.9. The van der Waals surface area contributed by atoms with Gasteiger partial charge in [-0.3, -0.25) is 0 Å². The third kappa shape index (κ3) is 3.99. The Morgan fingerprint density at radius 2 is 1.72 bits per heavy atom. The third-order valence-electron chi connectivity index (χ3n) is 4.77. The number of amides is 2. The summed E-state index contributed by atoms with van der Waals surface area (Å²) in [7, 11) is 1.81. The number of hydrogen-bond donors (Lipinski definition) is 2. The predicted octanol–water partition coefficient (Wildman–Crippen LogP) is 3.26. The zero-order valence-electron chi connectivity index (χ0n) is 14.2. The molecule has 25 heavy (non-hydrogen) atoms. The van der Waals surface area contributed by atoms with E-state index in [-0.39, 0.29) is 17.0 Å². The Bertz CT molecular complexity index is 752. The molecule has 2 N–H and O–H groups in total. The molecule has 2 amide bonds. The van der Waals surface area contributed by atoms with Crippen LogP contribution >= 0.6 is 0 Å². The van der Waals surface area contributed by atoms with Gasteiger partial charge >= 0.3 is 12.0 Å². The van der Waals surface area contributed by atoms with Crippen LogP contribution in [0.4, 0.5) is 4.79 Å². The van der Waals surface area contributed by atoms with Gasteiger partial charge in [-0.2, -0.15) is 0 Å². The van der Waals surface area contributed by atoms with Crippen LogP contribution in [-0.4, -0.2) is 35.6 Å². The Kier molecular flexibility index (Phi) is 4.74. The van der Waals surface area contributed by atoms with Gasteiger partial charge in [0.15, 0.2) is 0 Å². The summed E-state index contributed by atoms with van der Waals surface area (Å²) < 4.78 is 0. The van der Waals surface area contributed by atoms with Gasteiger partial charge in [0.2, 0.25) is 0 Å². The smallest absolute Gasteiger partial charge is 0.335 e. The number of nitrogens with one attached hydrogen (secondary N) is 1. The molecule has 0 aliphatic heterocycles. The van der Waals surface area contributed by atoms with Gasteiger partial charge in [0.1, 0.15) is 0 Å². The maximum absolute atomic E-state index is 12.3. The molecule has 1 saturated carbocycles. The normalized spacial score (nSPS) is 14.6. The lowest BCUT2D eigenvalue weighted by Crippen LogP contribution is -2.41. The molecule has 2 aromatic rings. The molecule has 0 spiro atoms. The third-order valence-corrected chi connectivity index (χ3v) is 4.77. The van der Waals surface area contributed by atoms with Crippen LogP contribution in [0.3, 0.4) is 0 Å². The van der Waals surface area contributed by atoms with Crippen LogP contribution in [0.5, 0.6) is 0 Å². The molecule has 5 heteroatoms. The van der Waals surface area contributed by atoms with Crippen molar-refractivity contribution in [3.63, 3.8) is 0 Å². The highest BCUT2D eigenvalue weighted by Crippen LogP contribution is 2.48. The average molecular weight is 338 g/mol. The van der Waals surface area contributed by atoms with Crippen molar-refractivity contribution in [1.82, 2.24) is 10.2 Å². The number of carboxylic acids is 1. The summed E-state index contributed by atoms with van der Waals surface area (Å²) in [6.07, 6.45) is 2.20. The van der Waals surface area contributed by atoms with Crippen molar-refractivity contribution in [2.45, 2.75) is 24.8 Å². The minimum atomic E-state index is -0.953. The van der Waals surface area contributed by atoms with Crippen LogP contribution < -0.4 is 5.32 Å². The lowest BCUT2D eigenvalue weighted by Gasteiger charge is -2.24. The molecular formula is C20H22N2O3. The van der Waals surface area contributed by atoms with E-state index in [1.165, 1.54) is 5.56 Å². The second kappa shape index (κ2) is 6.97. The van der Waals surface area contributed by atoms with Crippen molar-refractivity contribution >= 4 is 12.0 Å². The summed E-state index contributed by atoms with van der Waals surface area (Å²) in [6, 6.07) is 16.7. The summed E-state index contributed by atoms with van der Waals surface area (Å²) in [5.41, 5.74) is 2.50. The molecule has 1 aliphatic rings. The Hall–Kier alpha value is -2.82. The SMILES string of the molecule is CN(CC1(c2ccccc2)CC1)C(=O)NCc1ccc(C(=O)O)cc1. The van der Waals surface area contributed by atoms with E-state index in [4.69, 9.17) is 5.11 Å². The van der Waals surface area contributed by atoms with Crippen LogP contribution in [0, 0.1) is 0 Å². The van der Waals surface area contributed by atoms with E-state index in [0.29, 0.717) is 13.1 Å². The summed E-state index contributed by atoms with van der Waals surface area (Å²) in [5, 5.41) is 11.8. The van der Waals surface area contributed by atoms with E-state index in [9.17, 15) is 9.59 Å². The summed E-state index contributed by atoms with van der Waals surface area (Å²) in [6.45, 7) is 1.07. The van der Waals surface area contributed by atoms with Gasteiger partial charge in [-0.25, -0.2) is 9.59 Å². The topological polar surface area (TPSA) is 69.6 Å². The lowest BCUT2D eigenvalue weighted by atomic mass is 9.95. The number of benzene rings is 2. The first-order valence-electron chi connectivity index (χ1n) is 8.37. The van der Waals surface area contributed by atoms with Crippen LogP contribution in [0.25, 0.3) is 0 Å². The molecule has 0 atom stereocenters. The molecule has 0 heterocycles. The van der Waals surface area contributed by atoms with Gasteiger partial charge in [-0.1, -0.05) is 42.5 Å². The lowest BCUT2D eigenvalue weighted by molar-refractivity contribution is 0.0697. The second-order valence-corrected chi connectivity index (χ2v) is 6.66. The van der Waals surface area contributed by atoms with Gasteiger partial charge in [0.05, 0.1) is 5.56 Å². The van der Waals surface area contributed by atoms with E-state index in [0.717, 1.165) is 18.4 Å². The molecule has 0 bridgehead atoms. The molecule has 0 unspecified atom stereocenters. The first-order valence-corrected chi connectivity index (χ1v) is 8.37. The first kappa shape index (κ1) is 17.0. The summed E-state index contributed by atoms with van der Waals surface area (Å²) in [5.74, 6) is -0.953. The van der Waals surface area contributed by atoms with Gasteiger partial charge in [0, 0.05) is 25.6 Å². The van der Waals surface area contributed by atoms with E-state index < -0.39 is 5.97 Å². The fourth-order valence-electron chi connectivity index (χ4n) is 3.08. The van der Waals surface area contributed by atoms with Crippen LogP contribution in [0.2, 0.25) is 0 Å². The number of carbonyl (C=O) groups is 2. The molecule has 0 radical (unpaired) electrons. The first-order chi connectivity index (χ1) is 12.0. The molecule has 0 saturated heterocycles. The Labute approximate surface area is 147 Å². The van der Waals surface area contributed by atoms with E-state index in [1.54, 1.807) is 29.2 Å². The van der Waals surface area contributed by atoms with Gasteiger partial charge < -0.3 is 15.3 Å². The average Bonchev–Trinajstić information content (AvgIpc) is 3.41. The van der Waals surface area contributed by atoms with Crippen LogP contribution in [-0.2, 0) is 12.0 Å². The number of likely N-dealkylation sites (N-methyl/N-ethyl adjacent to an activating group) is 1. The van der Waals surface area contributed by atoms with E-state index in [2.05, 4.69) is 17.4 Å². The molecule has 3 rings (SSSR count). The number of carbonyl (C=O) groups excluding carboxylic acids is 1. The van der Waals surface area contributed by atoms with Crippen molar-refractivity contribution in [2.75, 3.05) is 13.6 Å². The van der Waals surface area contributed by atoms with Gasteiger partial charge in [-0.15, -0.1) is 0 Å². The van der Waals surface area contributed by atoms with Crippen LogP contribution in [0.1, 0.15) is 34.3 Å². The van der Waals surface area contributed by atoms with Crippen molar-refractivity contribution in [3.8, 4) is 0 Å².